The van der Waals surface area contributed by atoms with E-state index in [0.29, 0.717) is 6.04 Å². The highest BCUT2D eigenvalue weighted by atomic mass is 15.1. The molecule has 0 aliphatic heterocycles. The van der Waals surface area contributed by atoms with Crippen molar-refractivity contribution in [3.8, 4) is 0 Å². The van der Waals surface area contributed by atoms with E-state index in [4.69, 9.17) is 5.73 Å². The average Bonchev–Trinajstić information content (AvgIpc) is 2.72. The molecular formula is C9H16N4. The molecule has 2 rings (SSSR count). The van der Waals surface area contributed by atoms with Crippen LogP contribution in [0.2, 0.25) is 0 Å². The summed E-state index contributed by atoms with van der Waals surface area (Å²) in [6.07, 6.45) is 6.97. The van der Waals surface area contributed by atoms with Crippen LogP contribution in [-0.4, -0.2) is 16.2 Å². The van der Waals surface area contributed by atoms with Crippen molar-refractivity contribution in [1.29, 1.82) is 0 Å². The molecule has 1 aliphatic rings. The molecule has 0 aromatic carbocycles. The summed E-state index contributed by atoms with van der Waals surface area (Å²) in [6.45, 7) is 0.816. The predicted molar refractivity (Wildman–Crippen MR) is 52.1 cm³/mol. The van der Waals surface area contributed by atoms with E-state index in [1.54, 1.807) is 6.20 Å². The van der Waals surface area contributed by atoms with Crippen molar-refractivity contribution in [3.05, 3.63) is 11.9 Å². The highest BCUT2D eigenvalue weighted by Crippen LogP contribution is 2.18. The van der Waals surface area contributed by atoms with E-state index < -0.39 is 0 Å². The topological polar surface area (TPSA) is 66.7 Å². The van der Waals surface area contributed by atoms with Gasteiger partial charge in [-0.3, -0.25) is 5.10 Å². The van der Waals surface area contributed by atoms with Gasteiger partial charge in [0.15, 0.2) is 0 Å². The zero-order valence-corrected chi connectivity index (χ0v) is 7.71. The van der Waals surface area contributed by atoms with Crippen LogP contribution < -0.4 is 11.1 Å². The second-order valence-corrected chi connectivity index (χ2v) is 3.67. The Kier molecular flexibility index (Phi) is 2.49. The number of nitrogens with two attached hydrogens (primary N) is 1. The SMILES string of the molecule is Nc1cn[nH]c1CNC1CCCC1. The first-order valence-corrected chi connectivity index (χ1v) is 4.87. The Bertz CT molecular complexity index is 262. The van der Waals surface area contributed by atoms with E-state index in [0.717, 1.165) is 17.9 Å². The molecule has 0 amide bonds. The van der Waals surface area contributed by atoms with Gasteiger partial charge in [0.05, 0.1) is 17.6 Å². The maximum absolute atomic E-state index is 5.69. The first-order valence-electron chi connectivity index (χ1n) is 4.87. The molecule has 72 valence electrons. The summed E-state index contributed by atoms with van der Waals surface area (Å²) >= 11 is 0. The van der Waals surface area contributed by atoms with Crippen LogP contribution in [0, 0.1) is 0 Å². The van der Waals surface area contributed by atoms with Gasteiger partial charge in [0, 0.05) is 12.6 Å². The van der Waals surface area contributed by atoms with E-state index in [1.807, 2.05) is 0 Å². The number of aromatic amines is 1. The Balaban J connectivity index is 1.82. The van der Waals surface area contributed by atoms with Crippen LogP contribution >= 0.6 is 0 Å². The number of nitrogens with one attached hydrogen (secondary N) is 2. The number of rotatable bonds is 3. The van der Waals surface area contributed by atoms with Crippen LogP contribution in [0.5, 0.6) is 0 Å². The van der Waals surface area contributed by atoms with Crippen molar-refractivity contribution >= 4 is 5.69 Å². The highest BCUT2D eigenvalue weighted by Gasteiger charge is 2.14. The predicted octanol–water partition coefficient (Wildman–Crippen LogP) is 1.02. The van der Waals surface area contributed by atoms with Gasteiger partial charge in [-0.15, -0.1) is 0 Å². The maximum Gasteiger partial charge on any atom is 0.0743 e. The quantitative estimate of drug-likeness (QED) is 0.650. The lowest BCUT2D eigenvalue weighted by molar-refractivity contribution is 0.519. The smallest absolute Gasteiger partial charge is 0.0743 e. The van der Waals surface area contributed by atoms with Crippen LogP contribution in [0.1, 0.15) is 31.4 Å². The van der Waals surface area contributed by atoms with Gasteiger partial charge in [0.25, 0.3) is 0 Å². The van der Waals surface area contributed by atoms with Crippen molar-refractivity contribution in [2.45, 2.75) is 38.3 Å². The molecule has 1 aliphatic carbocycles. The minimum absolute atomic E-state index is 0.683. The summed E-state index contributed by atoms with van der Waals surface area (Å²) in [4.78, 5) is 0. The van der Waals surface area contributed by atoms with Crippen molar-refractivity contribution in [2.75, 3.05) is 5.73 Å². The summed E-state index contributed by atoms with van der Waals surface area (Å²) in [7, 11) is 0. The normalized spacial score (nSPS) is 18.2. The fraction of sp³-hybridized carbons (Fsp3) is 0.667. The fourth-order valence-electron chi connectivity index (χ4n) is 1.84. The third-order valence-corrected chi connectivity index (χ3v) is 2.67. The zero-order chi connectivity index (χ0) is 9.10. The molecule has 0 unspecified atom stereocenters. The molecule has 1 aromatic heterocycles. The average molecular weight is 180 g/mol. The summed E-state index contributed by atoms with van der Waals surface area (Å²) < 4.78 is 0. The van der Waals surface area contributed by atoms with Crippen LogP contribution in [0.15, 0.2) is 6.20 Å². The number of H-pyrrole nitrogens is 1. The third-order valence-electron chi connectivity index (χ3n) is 2.67. The van der Waals surface area contributed by atoms with E-state index in [9.17, 15) is 0 Å². The van der Waals surface area contributed by atoms with Gasteiger partial charge >= 0.3 is 0 Å². The van der Waals surface area contributed by atoms with Gasteiger partial charge in [-0.1, -0.05) is 12.8 Å². The first-order chi connectivity index (χ1) is 6.36. The van der Waals surface area contributed by atoms with Gasteiger partial charge in [-0.2, -0.15) is 5.10 Å². The molecular weight excluding hydrogens is 164 g/mol. The van der Waals surface area contributed by atoms with Crippen molar-refractivity contribution in [1.82, 2.24) is 15.5 Å². The lowest BCUT2D eigenvalue weighted by Crippen LogP contribution is -2.25. The van der Waals surface area contributed by atoms with Crippen LogP contribution in [0.4, 0.5) is 5.69 Å². The number of hydrogen-bond acceptors (Lipinski definition) is 3. The third kappa shape index (κ3) is 2.01. The van der Waals surface area contributed by atoms with E-state index >= 15 is 0 Å². The molecule has 0 saturated heterocycles. The van der Waals surface area contributed by atoms with E-state index in [2.05, 4.69) is 15.5 Å². The second kappa shape index (κ2) is 3.79. The molecule has 4 heteroatoms. The molecule has 4 nitrogen and oxygen atoms in total. The summed E-state index contributed by atoms with van der Waals surface area (Å²) in [5.74, 6) is 0. The zero-order valence-electron chi connectivity index (χ0n) is 7.71. The van der Waals surface area contributed by atoms with Gasteiger partial charge in [-0.25, -0.2) is 0 Å². The van der Waals surface area contributed by atoms with Gasteiger partial charge in [-0.05, 0) is 12.8 Å². The molecule has 0 radical (unpaired) electrons. The Labute approximate surface area is 77.9 Å². The van der Waals surface area contributed by atoms with E-state index in [1.165, 1.54) is 25.7 Å². The van der Waals surface area contributed by atoms with E-state index in [-0.39, 0.29) is 0 Å². The molecule has 1 saturated carbocycles. The van der Waals surface area contributed by atoms with Gasteiger partial charge < -0.3 is 11.1 Å². The van der Waals surface area contributed by atoms with Gasteiger partial charge in [0.1, 0.15) is 0 Å². The summed E-state index contributed by atoms with van der Waals surface area (Å²) in [5, 5.41) is 10.2. The molecule has 0 atom stereocenters. The minimum Gasteiger partial charge on any atom is -0.396 e. The van der Waals surface area contributed by atoms with Crippen molar-refractivity contribution < 1.29 is 0 Å². The number of nitrogen functional groups attached to an aromatic ring is 1. The fourth-order valence-corrected chi connectivity index (χ4v) is 1.84. The number of anilines is 1. The molecule has 0 bridgehead atoms. The minimum atomic E-state index is 0.683. The molecule has 0 spiro atoms. The monoisotopic (exact) mass is 180 g/mol. The largest absolute Gasteiger partial charge is 0.396 e. The number of aromatic nitrogens is 2. The lowest BCUT2D eigenvalue weighted by Gasteiger charge is -2.10. The van der Waals surface area contributed by atoms with Crippen LogP contribution in [0.25, 0.3) is 0 Å². The highest BCUT2D eigenvalue weighted by molar-refractivity contribution is 5.39. The second-order valence-electron chi connectivity index (χ2n) is 3.67. The first kappa shape index (κ1) is 8.56. The van der Waals surface area contributed by atoms with Gasteiger partial charge in [0.2, 0.25) is 0 Å². The number of nitrogens with zero attached hydrogens (tertiary/aromatic N) is 1. The van der Waals surface area contributed by atoms with Crippen molar-refractivity contribution in [2.24, 2.45) is 0 Å². The Hall–Kier alpha value is -1.03. The molecule has 13 heavy (non-hydrogen) atoms. The summed E-state index contributed by atoms with van der Waals surface area (Å²) in [5.41, 5.74) is 7.45. The van der Waals surface area contributed by atoms with Crippen LogP contribution in [0.3, 0.4) is 0 Å². The Morgan fingerprint density at radius 2 is 2.31 bits per heavy atom. The standard InChI is InChI=1S/C9H16N4/c10-8-5-12-13-9(8)6-11-7-3-1-2-4-7/h5,7,11H,1-4,6,10H2,(H,12,13). The number of hydrogen-bond donors (Lipinski definition) is 3. The Morgan fingerprint density at radius 1 is 1.54 bits per heavy atom. The maximum atomic E-state index is 5.69. The summed E-state index contributed by atoms with van der Waals surface area (Å²) in [6, 6.07) is 0.683. The molecule has 1 fully saturated rings. The lowest BCUT2D eigenvalue weighted by atomic mass is 10.2. The Morgan fingerprint density at radius 3 is 2.92 bits per heavy atom. The van der Waals surface area contributed by atoms with Crippen molar-refractivity contribution in [3.63, 3.8) is 0 Å². The molecule has 4 N–H and O–H groups in total. The molecule has 1 aromatic rings. The van der Waals surface area contributed by atoms with Crippen LogP contribution in [-0.2, 0) is 6.54 Å². The molecule has 1 heterocycles.